The van der Waals surface area contributed by atoms with E-state index in [1.165, 1.54) is 47.2 Å². The SMILES string of the molecule is COc1ccc2c(c1)nc(S(=O)Cc1ncc(C)c(OC)c1C)n2S(=O)(=O)C1=CCCCCCCCCCC2=C(C=C1)CCCC2. The molecule has 1 aromatic carbocycles. The Morgan fingerprint density at radius 2 is 1.59 bits per heavy atom. The zero-order chi connectivity index (χ0) is 32.7. The summed E-state index contributed by atoms with van der Waals surface area (Å²) in [5, 5.41) is -0.0354. The molecule has 0 amide bonds. The Morgan fingerprint density at radius 1 is 0.891 bits per heavy atom. The second-order valence-corrected chi connectivity index (χ2v) is 15.5. The molecule has 5 rings (SSSR count). The minimum atomic E-state index is -4.19. The van der Waals surface area contributed by atoms with Crippen LogP contribution in [0.2, 0.25) is 0 Å². The molecule has 0 saturated carbocycles. The van der Waals surface area contributed by atoms with E-state index in [1.54, 1.807) is 44.7 Å². The monoisotopic (exact) mass is 665 g/mol. The number of benzene rings is 1. The summed E-state index contributed by atoms with van der Waals surface area (Å²) in [4.78, 5) is 9.39. The Labute approximate surface area is 276 Å². The second kappa shape index (κ2) is 15.6. The molecule has 2 aromatic heterocycles. The van der Waals surface area contributed by atoms with E-state index in [-0.39, 0.29) is 15.8 Å². The zero-order valence-electron chi connectivity index (χ0n) is 27.6. The van der Waals surface area contributed by atoms with Gasteiger partial charge in [0.25, 0.3) is 10.0 Å². The number of ether oxygens (including phenoxy) is 2. The third kappa shape index (κ3) is 7.65. The number of allylic oxidation sites excluding steroid dienone is 5. The zero-order valence-corrected chi connectivity index (χ0v) is 29.3. The highest BCUT2D eigenvalue weighted by Crippen LogP contribution is 2.33. The number of pyridine rings is 1. The van der Waals surface area contributed by atoms with Crippen molar-refractivity contribution >= 4 is 31.9 Å². The Balaban J connectivity index is 1.61. The Bertz CT molecular complexity index is 1790. The summed E-state index contributed by atoms with van der Waals surface area (Å²) in [7, 11) is -2.89. The molecular weight excluding hydrogens is 619 g/mol. The largest absolute Gasteiger partial charge is 0.497 e. The molecule has 3 aromatic rings. The minimum Gasteiger partial charge on any atom is -0.497 e. The van der Waals surface area contributed by atoms with E-state index in [2.05, 4.69) is 9.97 Å². The molecule has 1 atom stereocenters. The average Bonchev–Trinajstić information content (AvgIpc) is 3.44. The van der Waals surface area contributed by atoms with Crippen molar-refractivity contribution in [2.24, 2.45) is 0 Å². The van der Waals surface area contributed by atoms with Gasteiger partial charge in [0.15, 0.2) is 0 Å². The molecule has 10 heteroatoms. The summed E-state index contributed by atoms with van der Waals surface area (Å²) < 4.78 is 55.8. The topological polar surface area (TPSA) is 100 Å². The number of rotatable bonds is 7. The van der Waals surface area contributed by atoms with Crippen molar-refractivity contribution in [1.82, 2.24) is 13.9 Å². The molecule has 8 nitrogen and oxygen atoms in total. The summed E-state index contributed by atoms with van der Waals surface area (Å²) in [6.07, 6.45) is 21.5. The van der Waals surface area contributed by atoms with Gasteiger partial charge < -0.3 is 9.47 Å². The van der Waals surface area contributed by atoms with Gasteiger partial charge in [-0.15, -0.1) is 0 Å². The van der Waals surface area contributed by atoms with Gasteiger partial charge >= 0.3 is 0 Å². The number of aryl methyl sites for hydroxylation is 1. The molecule has 0 radical (unpaired) electrons. The van der Waals surface area contributed by atoms with Gasteiger partial charge in [-0.3, -0.25) is 9.19 Å². The maximum Gasteiger partial charge on any atom is 0.270 e. The van der Waals surface area contributed by atoms with Gasteiger partial charge in [0.1, 0.15) is 11.5 Å². The molecule has 0 aliphatic heterocycles. The third-order valence-corrected chi connectivity index (χ3v) is 12.2. The van der Waals surface area contributed by atoms with Crippen LogP contribution in [-0.4, -0.2) is 40.8 Å². The van der Waals surface area contributed by atoms with Crippen LogP contribution in [0, 0.1) is 13.8 Å². The summed E-state index contributed by atoms with van der Waals surface area (Å²) in [5.41, 5.74) is 5.70. The Kier molecular flexibility index (Phi) is 11.5. The lowest BCUT2D eigenvalue weighted by Gasteiger charge is -2.19. The minimum absolute atomic E-state index is 0.0103. The number of hydrogen-bond donors (Lipinski definition) is 0. The van der Waals surface area contributed by atoms with E-state index >= 15 is 0 Å². The number of aromatic nitrogens is 3. The van der Waals surface area contributed by atoms with Crippen LogP contribution in [0.1, 0.15) is 100 Å². The Morgan fingerprint density at radius 3 is 2.33 bits per heavy atom. The summed E-state index contributed by atoms with van der Waals surface area (Å²) in [5.74, 6) is 1.20. The molecule has 0 spiro atoms. The van der Waals surface area contributed by atoms with Gasteiger partial charge in [0.05, 0.1) is 52.4 Å². The molecule has 0 bridgehead atoms. The van der Waals surface area contributed by atoms with E-state index in [1.807, 2.05) is 26.0 Å². The molecule has 248 valence electrons. The fraction of sp³-hybridized carbons (Fsp3) is 0.500. The third-order valence-electron chi connectivity index (χ3n) is 9.16. The first-order valence-electron chi connectivity index (χ1n) is 16.5. The molecule has 2 heterocycles. The van der Waals surface area contributed by atoms with Crippen LogP contribution in [0.15, 0.2) is 63.8 Å². The summed E-state index contributed by atoms with van der Waals surface area (Å²) >= 11 is 0. The molecule has 2 aliphatic rings. The van der Waals surface area contributed by atoms with Crippen molar-refractivity contribution in [3.8, 4) is 11.5 Å². The number of nitrogens with zero attached hydrogens (tertiary/aromatic N) is 3. The smallest absolute Gasteiger partial charge is 0.270 e. The number of methoxy groups -OCH3 is 2. The molecule has 0 N–H and O–H groups in total. The summed E-state index contributed by atoms with van der Waals surface area (Å²) in [6, 6.07) is 5.07. The van der Waals surface area contributed by atoms with Crippen molar-refractivity contribution in [1.29, 1.82) is 0 Å². The van der Waals surface area contributed by atoms with Crippen LogP contribution >= 0.6 is 0 Å². The van der Waals surface area contributed by atoms with Crippen molar-refractivity contribution < 1.29 is 22.1 Å². The number of fused-ring (bicyclic) bond motifs is 1. The van der Waals surface area contributed by atoms with E-state index in [4.69, 9.17) is 9.47 Å². The first kappa shape index (κ1) is 34.1. The van der Waals surface area contributed by atoms with Crippen molar-refractivity contribution in [2.75, 3.05) is 14.2 Å². The van der Waals surface area contributed by atoms with Crippen LogP contribution in [0.25, 0.3) is 11.0 Å². The second-order valence-electron chi connectivity index (χ2n) is 12.3. The van der Waals surface area contributed by atoms with Crippen molar-refractivity contribution in [2.45, 2.75) is 108 Å². The first-order valence-corrected chi connectivity index (χ1v) is 19.3. The van der Waals surface area contributed by atoms with Crippen LogP contribution in [-0.2, 0) is 26.6 Å². The van der Waals surface area contributed by atoms with E-state index in [0.717, 1.165) is 56.1 Å². The van der Waals surface area contributed by atoms with Crippen LogP contribution in [0.3, 0.4) is 0 Å². The lowest BCUT2D eigenvalue weighted by atomic mass is 9.88. The number of hydrogen-bond acceptors (Lipinski definition) is 7. The summed E-state index contributed by atoms with van der Waals surface area (Å²) in [6.45, 7) is 3.77. The van der Waals surface area contributed by atoms with Crippen molar-refractivity contribution in [3.63, 3.8) is 0 Å². The van der Waals surface area contributed by atoms with E-state index in [9.17, 15) is 12.6 Å². The molecule has 0 fully saturated rings. The lowest BCUT2D eigenvalue weighted by Crippen LogP contribution is -2.19. The average molecular weight is 666 g/mol. The number of imidazole rings is 1. The normalized spacial score (nSPS) is 18.0. The van der Waals surface area contributed by atoms with Crippen LogP contribution < -0.4 is 9.47 Å². The fourth-order valence-electron chi connectivity index (χ4n) is 6.56. The first-order chi connectivity index (χ1) is 22.2. The van der Waals surface area contributed by atoms with Gasteiger partial charge in [-0.1, -0.05) is 49.8 Å². The van der Waals surface area contributed by atoms with Gasteiger partial charge in [-0.05, 0) is 89.0 Å². The van der Waals surface area contributed by atoms with E-state index in [0.29, 0.717) is 34.6 Å². The Hall–Kier alpha value is -3.24. The highest BCUT2D eigenvalue weighted by atomic mass is 32.2. The fourth-order valence-corrected chi connectivity index (χ4v) is 9.70. The molecule has 1 unspecified atom stereocenters. The van der Waals surface area contributed by atoms with Gasteiger partial charge in [-0.25, -0.2) is 17.4 Å². The standard InChI is InChI=1S/C36H47N3O5S2/c1-26-24-37-33(27(2)35(26)44-4)25-45(40)36-38-32-23-30(43-3)20-22-34(32)39(36)46(41,42)31-18-12-10-8-6-5-7-9-11-15-28-16-13-14-17-29(28)19-21-31/h18-24H,5-17,25H2,1-4H3. The molecule has 46 heavy (non-hydrogen) atoms. The quantitative estimate of drug-likeness (QED) is 0.250. The van der Waals surface area contributed by atoms with E-state index < -0.39 is 20.8 Å². The highest BCUT2D eigenvalue weighted by molar-refractivity contribution is 7.94. The van der Waals surface area contributed by atoms with Crippen LogP contribution in [0.4, 0.5) is 0 Å². The predicted molar refractivity (Wildman–Crippen MR) is 185 cm³/mol. The highest BCUT2D eigenvalue weighted by Gasteiger charge is 2.29. The van der Waals surface area contributed by atoms with Crippen LogP contribution in [0.5, 0.6) is 11.5 Å². The maximum atomic E-state index is 14.7. The predicted octanol–water partition coefficient (Wildman–Crippen LogP) is 8.39. The molecule has 0 saturated heterocycles. The maximum absolute atomic E-state index is 14.7. The molecular formula is C36H47N3O5S2. The lowest BCUT2D eigenvalue weighted by molar-refractivity contribution is 0.407. The van der Waals surface area contributed by atoms with Gasteiger partial charge in [0, 0.05) is 23.4 Å². The molecule has 2 aliphatic carbocycles. The van der Waals surface area contributed by atoms with Gasteiger partial charge in [-0.2, -0.15) is 0 Å². The van der Waals surface area contributed by atoms with Crippen molar-refractivity contribution in [3.05, 3.63) is 75.5 Å². The van der Waals surface area contributed by atoms with Gasteiger partial charge in [0.2, 0.25) is 5.16 Å².